The van der Waals surface area contributed by atoms with E-state index < -0.39 is 17.9 Å². The lowest BCUT2D eigenvalue weighted by molar-refractivity contribution is 0.000978. The number of halogens is 1. The van der Waals surface area contributed by atoms with E-state index >= 15 is 0 Å². The number of amides is 1. The number of likely N-dealkylation sites (tertiary alicyclic amines) is 1. The van der Waals surface area contributed by atoms with E-state index in [4.69, 9.17) is 4.74 Å². The minimum atomic E-state index is -1.01. The Morgan fingerprint density at radius 2 is 2.00 bits per heavy atom. The second kappa shape index (κ2) is 5.21. The molecule has 2 unspecified atom stereocenters. The molecule has 2 atom stereocenters. The van der Waals surface area contributed by atoms with Crippen LogP contribution >= 0.6 is 0 Å². The van der Waals surface area contributed by atoms with Gasteiger partial charge in [0.2, 0.25) is 0 Å². The molecule has 4 nitrogen and oxygen atoms in total. The van der Waals surface area contributed by atoms with Crippen molar-refractivity contribution in [3.8, 4) is 0 Å². The monoisotopic (exact) mass is 246 g/mol. The minimum absolute atomic E-state index is 0.103. The Kier molecular flexibility index (Phi) is 4.36. The molecular weight excluding hydrogens is 223 g/mol. The van der Waals surface area contributed by atoms with Crippen LogP contribution in [0.1, 0.15) is 27.2 Å². The predicted octanol–water partition coefficient (Wildman–Crippen LogP) is 1.90. The molecular formula is C12H23FN2O2. The molecule has 0 aromatic carbocycles. The number of carbonyl (C=O) groups is 1. The van der Waals surface area contributed by atoms with E-state index in [1.54, 1.807) is 0 Å². The van der Waals surface area contributed by atoms with Crippen LogP contribution in [0.15, 0.2) is 0 Å². The fourth-order valence-corrected chi connectivity index (χ4v) is 1.97. The van der Waals surface area contributed by atoms with E-state index in [9.17, 15) is 9.18 Å². The number of rotatable bonds is 1. The Bertz CT molecular complexity index is 276. The lowest BCUT2D eigenvalue weighted by Gasteiger charge is -2.38. The molecule has 0 aliphatic carbocycles. The quantitative estimate of drug-likeness (QED) is 0.708. The van der Waals surface area contributed by atoms with E-state index in [2.05, 4.69) is 0 Å². The average Bonchev–Trinajstić information content (AvgIpc) is 2.14. The first kappa shape index (κ1) is 14.2. The van der Waals surface area contributed by atoms with Gasteiger partial charge in [0.15, 0.2) is 0 Å². The Morgan fingerprint density at radius 3 is 2.41 bits per heavy atom. The van der Waals surface area contributed by atoms with Gasteiger partial charge in [-0.15, -0.1) is 0 Å². The van der Waals surface area contributed by atoms with E-state index in [1.807, 2.05) is 39.8 Å². The largest absolute Gasteiger partial charge is 0.444 e. The van der Waals surface area contributed by atoms with Crippen LogP contribution in [-0.2, 0) is 4.74 Å². The maximum atomic E-state index is 13.9. The third-order valence-corrected chi connectivity index (χ3v) is 2.82. The lowest BCUT2D eigenvalue weighted by atomic mass is 10.0. The fraction of sp³-hybridized carbons (Fsp3) is 0.917. The third-order valence-electron chi connectivity index (χ3n) is 2.82. The summed E-state index contributed by atoms with van der Waals surface area (Å²) < 4.78 is 19.1. The van der Waals surface area contributed by atoms with Crippen molar-refractivity contribution in [2.75, 3.05) is 27.2 Å². The van der Waals surface area contributed by atoms with Crippen LogP contribution in [-0.4, -0.2) is 60.9 Å². The summed E-state index contributed by atoms with van der Waals surface area (Å²) in [5, 5.41) is 0. The molecule has 100 valence electrons. The molecule has 1 aliphatic heterocycles. The fourth-order valence-electron chi connectivity index (χ4n) is 1.97. The van der Waals surface area contributed by atoms with E-state index in [0.29, 0.717) is 13.0 Å². The number of nitrogens with zero attached hydrogens (tertiary/aromatic N) is 2. The molecule has 1 aliphatic rings. The van der Waals surface area contributed by atoms with Gasteiger partial charge in [-0.2, -0.15) is 0 Å². The molecule has 0 saturated carbocycles. The summed E-state index contributed by atoms with van der Waals surface area (Å²) in [7, 11) is 3.72. The van der Waals surface area contributed by atoms with Crippen molar-refractivity contribution < 1.29 is 13.9 Å². The van der Waals surface area contributed by atoms with Gasteiger partial charge in [0.05, 0.1) is 6.54 Å². The van der Waals surface area contributed by atoms with Gasteiger partial charge in [0, 0.05) is 12.6 Å². The smallest absolute Gasteiger partial charge is 0.410 e. The van der Waals surface area contributed by atoms with Crippen LogP contribution in [0.4, 0.5) is 9.18 Å². The first-order valence-electron chi connectivity index (χ1n) is 5.99. The number of carbonyl (C=O) groups excluding carboxylic acids is 1. The highest BCUT2D eigenvalue weighted by molar-refractivity contribution is 5.68. The predicted molar refractivity (Wildman–Crippen MR) is 64.8 cm³/mol. The van der Waals surface area contributed by atoms with E-state index in [1.165, 1.54) is 4.90 Å². The van der Waals surface area contributed by atoms with Gasteiger partial charge in [-0.25, -0.2) is 9.18 Å². The van der Waals surface area contributed by atoms with E-state index in [0.717, 1.165) is 0 Å². The molecule has 1 fully saturated rings. The number of piperidine rings is 1. The Morgan fingerprint density at radius 1 is 1.41 bits per heavy atom. The van der Waals surface area contributed by atoms with Gasteiger partial charge in [0.25, 0.3) is 0 Å². The number of hydrogen-bond donors (Lipinski definition) is 0. The number of hydrogen-bond acceptors (Lipinski definition) is 3. The summed E-state index contributed by atoms with van der Waals surface area (Å²) in [4.78, 5) is 15.1. The number of alkyl halides is 1. The molecule has 0 aromatic heterocycles. The van der Waals surface area contributed by atoms with Crippen LogP contribution < -0.4 is 0 Å². The molecule has 0 radical (unpaired) electrons. The Labute approximate surface area is 103 Å². The van der Waals surface area contributed by atoms with Crippen molar-refractivity contribution in [2.24, 2.45) is 0 Å². The van der Waals surface area contributed by atoms with Crippen molar-refractivity contribution in [1.29, 1.82) is 0 Å². The van der Waals surface area contributed by atoms with E-state index in [-0.39, 0.29) is 12.6 Å². The zero-order valence-electron chi connectivity index (χ0n) is 11.4. The summed E-state index contributed by atoms with van der Waals surface area (Å²) in [6.45, 7) is 6.11. The Hall–Kier alpha value is -0.840. The maximum Gasteiger partial charge on any atom is 0.410 e. The Balaban J connectivity index is 2.52. The second-order valence-electron chi connectivity index (χ2n) is 5.76. The standard InChI is InChI=1S/C12H23FN2O2/c1-12(2,3)17-11(16)15-7-6-10(14(4)5)9(13)8-15/h9-10H,6-8H2,1-5H3. The summed E-state index contributed by atoms with van der Waals surface area (Å²) in [6, 6.07) is -0.103. The molecule has 0 spiro atoms. The summed E-state index contributed by atoms with van der Waals surface area (Å²) in [6.07, 6.45) is -0.781. The third kappa shape index (κ3) is 4.15. The second-order valence-corrected chi connectivity index (χ2v) is 5.76. The van der Waals surface area contributed by atoms with Crippen molar-refractivity contribution in [2.45, 2.75) is 45.0 Å². The SMILES string of the molecule is CN(C)C1CCN(C(=O)OC(C)(C)C)CC1F. The molecule has 1 rings (SSSR count). The molecule has 5 heteroatoms. The first-order valence-corrected chi connectivity index (χ1v) is 5.99. The zero-order chi connectivity index (χ0) is 13.2. The average molecular weight is 246 g/mol. The summed E-state index contributed by atoms with van der Waals surface area (Å²) in [5.74, 6) is 0. The molecule has 1 amide bonds. The van der Waals surface area contributed by atoms with Crippen molar-refractivity contribution in [1.82, 2.24) is 9.80 Å². The molecule has 1 heterocycles. The first-order chi connectivity index (χ1) is 7.70. The summed E-state index contributed by atoms with van der Waals surface area (Å²) in [5.41, 5.74) is -0.526. The van der Waals surface area contributed by atoms with Crippen molar-refractivity contribution in [3.05, 3.63) is 0 Å². The molecule has 1 saturated heterocycles. The highest BCUT2D eigenvalue weighted by atomic mass is 19.1. The normalized spacial score (nSPS) is 26.2. The topological polar surface area (TPSA) is 32.8 Å². The highest BCUT2D eigenvalue weighted by Gasteiger charge is 2.34. The molecule has 0 N–H and O–H groups in total. The van der Waals surface area contributed by atoms with Gasteiger partial charge in [-0.05, 0) is 41.3 Å². The van der Waals surface area contributed by atoms with Crippen molar-refractivity contribution >= 4 is 6.09 Å². The molecule has 0 bridgehead atoms. The highest BCUT2D eigenvalue weighted by Crippen LogP contribution is 2.20. The number of ether oxygens (including phenoxy) is 1. The van der Waals surface area contributed by atoms with Crippen LogP contribution in [0.3, 0.4) is 0 Å². The minimum Gasteiger partial charge on any atom is -0.444 e. The van der Waals surface area contributed by atoms with Crippen molar-refractivity contribution in [3.63, 3.8) is 0 Å². The lowest BCUT2D eigenvalue weighted by Crippen LogP contribution is -2.52. The molecule has 0 aromatic rings. The van der Waals surface area contributed by atoms with Gasteiger partial charge >= 0.3 is 6.09 Å². The zero-order valence-corrected chi connectivity index (χ0v) is 11.4. The van der Waals surface area contributed by atoms with Crippen LogP contribution in [0, 0.1) is 0 Å². The van der Waals surface area contributed by atoms with Gasteiger partial charge < -0.3 is 14.5 Å². The summed E-state index contributed by atoms with van der Waals surface area (Å²) >= 11 is 0. The van der Waals surface area contributed by atoms with Crippen LogP contribution in [0.25, 0.3) is 0 Å². The molecule has 17 heavy (non-hydrogen) atoms. The van der Waals surface area contributed by atoms with Gasteiger partial charge in [0.1, 0.15) is 11.8 Å². The van der Waals surface area contributed by atoms with Gasteiger partial charge in [-0.3, -0.25) is 0 Å². The van der Waals surface area contributed by atoms with Crippen LogP contribution in [0.2, 0.25) is 0 Å². The van der Waals surface area contributed by atoms with Crippen LogP contribution in [0.5, 0.6) is 0 Å². The van der Waals surface area contributed by atoms with Gasteiger partial charge in [-0.1, -0.05) is 0 Å². The maximum absolute atomic E-state index is 13.9.